The highest BCUT2D eigenvalue weighted by Gasteiger charge is 2.08. The van der Waals surface area contributed by atoms with Gasteiger partial charge in [0.15, 0.2) is 0 Å². The van der Waals surface area contributed by atoms with Crippen LogP contribution in [-0.4, -0.2) is 18.2 Å². The van der Waals surface area contributed by atoms with Crippen molar-refractivity contribution in [2.24, 2.45) is 11.0 Å². The first-order valence-electron chi connectivity index (χ1n) is 9.25. The van der Waals surface area contributed by atoms with Gasteiger partial charge in [0, 0.05) is 5.56 Å². The quantitative estimate of drug-likeness (QED) is 0.507. The van der Waals surface area contributed by atoms with Gasteiger partial charge in [-0.25, -0.2) is 5.43 Å². The molecule has 138 valence electrons. The van der Waals surface area contributed by atoms with Crippen LogP contribution in [0.4, 0.5) is 0 Å². The van der Waals surface area contributed by atoms with Gasteiger partial charge in [0.25, 0.3) is 5.91 Å². The second-order valence-electron chi connectivity index (χ2n) is 6.70. The van der Waals surface area contributed by atoms with Crippen molar-refractivity contribution in [2.75, 3.05) is 6.61 Å². The van der Waals surface area contributed by atoms with E-state index in [2.05, 4.69) is 31.3 Å². The zero-order valence-electron chi connectivity index (χ0n) is 15.9. The van der Waals surface area contributed by atoms with Gasteiger partial charge in [0.1, 0.15) is 5.75 Å². The molecule has 0 aliphatic carbocycles. The predicted molar refractivity (Wildman–Crippen MR) is 107 cm³/mol. The van der Waals surface area contributed by atoms with E-state index >= 15 is 0 Å². The number of ether oxygens (including phenoxy) is 1. The first-order valence-corrected chi connectivity index (χ1v) is 9.25. The van der Waals surface area contributed by atoms with Gasteiger partial charge in [-0.2, -0.15) is 5.10 Å². The maximum atomic E-state index is 12.4. The van der Waals surface area contributed by atoms with Gasteiger partial charge in [-0.3, -0.25) is 4.79 Å². The summed E-state index contributed by atoms with van der Waals surface area (Å²) >= 11 is 0. The molecule has 0 radical (unpaired) electrons. The van der Waals surface area contributed by atoms with Crippen LogP contribution >= 0.6 is 0 Å². The number of carbonyl (C=O) groups excluding carboxylic acids is 1. The highest BCUT2D eigenvalue weighted by atomic mass is 16.5. The average molecular weight is 352 g/mol. The Morgan fingerprint density at radius 1 is 1.04 bits per heavy atom. The van der Waals surface area contributed by atoms with Crippen molar-refractivity contribution >= 4 is 11.6 Å². The van der Waals surface area contributed by atoms with E-state index in [1.165, 1.54) is 0 Å². The maximum absolute atomic E-state index is 12.4. The fraction of sp³-hybridized carbons (Fsp3) is 0.364. The molecule has 0 heterocycles. The summed E-state index contributed by atoms with van der Waals surface area (Å²) in [5.41, 5.74) is 5.19. The monoisotopic (exact) mass is 352 g/mol. The first-order chi connectivity index (χ1) is 12.6. The Balaban J connectivity index is 2.03. The molecule has 0 spiro atoms. The van der Waals surface area contributed by atoms with Crippen LogP contribution in [-0.2, 0) is 0 Å². The molecule has 2 aromatic rings. The van der Waals surface area contributed by atoms with E-state index in [4.69, 9.17) is 4.74 Å². The number of unbranched alkanes of at least 4 members (excludes halogenated alkanes) is 1. The van der Waals surface area contributed by atoms with Crippen molar-refractivity contribution in [3.8, 4) is 5.75 Å². The highest BCUT2D eigenvalue weighted by molar-refractivity contribution is 6.02. The zero-order valence-corrected chi connectivity index (χ0v) is 15.9. The molecule has 0 saturated heterocycles. The van der Waals surface area contributed by atoms with Crippen molar-refractivity contribution in [1.29, 1.82) is 0 Å². The smallest absolute Gasteiger partial charge is 0.271 e. The third kappa shape index (κ3) is 6.36. The second-order valence-corrected chi connectivity index (χ2v) is 6.70. The molecule has 4 heteroatoms. The zero-order chi connectivity index (χ0) is 18.8. The molecule has 0 aliphatic rings. The topological polar surface area (TPSA) is 50.7 Å². The van der Waals surface area contributed by atoms with Crippen LogP contribution in [0, 0.1) is 5.92 Å². The number of hydrogen-bond donors (Lipinski definition) is 1. The number of benzene rings is 2. The van der Waals surface area contributed by atoms with Crippen LogP contribution in [0.1, 0.15) is 56.0 Å². The lowest BCUT2D eigenvalue weighted by molar-refractivity contribution is 0.0954. The van der Waals surface area contributed by atoms with Crippen molar-refractivity contribution in [1.82, 2.24) is 5.43 Å². The van der Waals surface area contributed by atoms with Gasteiger partial charge in [-0.1, -0.05) is 57.5 Å². The summed E-state index contributed by atoms with van der Waals surface area (Å²) in [4.78, 5) is 12.4. The molecule has 1 N–H and O–H groups in total. The molecule has 0 aromatic heterocycles. The fourth-order valence-corrected chi connectivity index (χ4v) is 2.39. The summed E-state index contributed by atoms with van der Waals surface area (Å²) in [5.74, 6) is 1.02. The second kappa shape index (κ2) is 10.4. The first kappa shape index (κ1) is 19.7. The molecule has 4 nitrogen and oxygen atoms in total. The predicted octanol–water partition coefficient (Wildman–Crippen LogP) is 5.05. The van der Waals surface area contributed by atoms with Gasteiger partial charge >= 0.3 is 0 Å². The summed E-state index contributed by atoms with van der Waals surface area (Å²) in [6.45, 7) is 7.00. The number of nitrogens with zero attached hydrogens (tertiary/aromatic N) is 1. The average Bonchev–Trinajstić information content (AvgIpc) is 2.67. The Morgan fingerprint density at radius 3 is 2.35 bits per heavy atom. The number of rotatable bonds is 9. The summed E-state index contributed by atoms with van der Waals surface area (Å²) in [6.07, 6.45) is 2.95. The lowest BCUT2D eigenvalue weighted by Gasteiger charge is -2.09. The minimum atomic E-state index is -0.217. The number of nitrogens with one attached hydrogen (secondary N) is 1. The van der Waals surface area contributed by atoms with E-state index in [1.807, 2.05) is 42.5 Å². The molecule has 0 unspecified atom stereocenters. The molecule has 0 saturated carbocycles. The van der Waals surface area contributed by atoms with Crippen LogP contribution < -0.4 is 10.2 Å². The van der Waals surface area contributed by atoms with E-state index in [-0.39, 0.29) is 5.91 Å². The number of hydrazone groups is 1. The SMILES string of the molecule is CCCC/C(=N\NC(=O)c1ccc(OCC(C)C)cc1)c1ccccc1. The Hall–Kier alpha value is -2.62. The van der Waals surface area contributed by atoms with E-state index < -0.39 is 0 Å². The molecule has 2 aromatic carbocycles. The number of hydrogen-bond acceptors (Lipinski definition) is 3. The fourth-order valence-electron chi connectivity index (χ4n) is 2.39. The molecular weight excluding hydrogens is 324 g/mol. The molecule has 0 atom stereocenters. The molecule has 26 heavy (non-hydrogen) atoms. The minimum absolute atomic E-state index is 0.217. The van der Waals surface area contributed by atoms with Gasteiger partial charge in [-0.05, 0) is 48.6 Å². The Bertz CT molecular complexity index is 707. The molecule has 0 fully saturated rings. The molecular formula is C22H28N2O2. The normalized spacial score (nSPS) is 11.5. The van der Waals surface area contributed by atoms with Crippen molar-refractivity contribution in [3.05, 3.63) is 65.7 Å². The minimum Gasteiger partial charge on any atom is -0.493 e. The van der Waals surface area contributed by atoms with Crippen molar-refractivity contribution in [2.45, 2.75) is 40.0 Å². The molecule has 1 amide bonds. The highest BCUT2D eigenvalue weighted by Crippen LogP contribution is 2.13. The lowest BCUT2D eigenvalue weighted by Crippen LogP contribution is -2.20. The van der Waals surface area contributed by atoms with Gasteiger partial charge < -0.3 is 4.74 Å². The van der Waals surface area contributed by atoms with Gasteiger partial charge in [0.05, 0.1) is 12.3 Å². The molecule has 0 aliphatic heterocycles. The maximum Gasteiger partial charge on any atom is 0.271 e. The van der Waals surface area contributed by atoms with E-state index in [0.29, 0.717) is 18.1 Å². The summed E-state index contributed by atoms with van der Waals surface area (Å²) in [6, 6.07) is 17.1. The number of amides is 1. The van der Waals surface area contributed by atoms with E-state index in [0.717, 1.165) is 36.3 Å². The summed E-state index contributed by atoms with van der Waals surface area (Å²) in [5, 5.41) is 4.38. The Kier molecular flexibility index (Phi) is 7.87. The third-order valence-corrected chi connectivity index (χ3v) is 3.87. The van der Waals surface area contributed by atoms with Gasteiger partial charge in [0.2, 0.25) is 0 Å². The van der Waals surface area contributed by atoms with E-state index in [1.54, 1.807) is 12.1 Å². The number of carbonyl (C=O) groups is 1. The molecule has 0 bridgehead atoms. The summed E-state index contributed by atoms with van der Waals surface area (Å²) < 4.78 is 5.64. The van der Waals surface area contributed by atoms with Crippen LogP contribution in [0.3, 0.4) is 0 Å². The largest absolute Gasteiger partial charge is 0.493 e. The van der Waals surface area contributed by atoms with Crippen molar-refractivity contribution in [3.63, 3.8) is 0 Å². The standard InChI is InChI=1S/C22H28N2O2/c1-4-5-11-21(18-9-7-6-8-10-18)23-24-22(25)19-12-14-20(15-13-19)26-16-17(2)3/h6-10,12-15,17H,4-5,11,16H2,1-3H3,(H,24,25)/b23-21+. The Morgan fingerprint density at radius 2 is 1.73 bits per heavy atom. The lowest BCUT2D eigenvalue weighted by atomic mass is 10.1. The van der Waals surface area contributed by atoms with Crippen LogP contribution in [0.2, 0.25) is 0 Å². The molecule has 2 rings (SSSR count). The van der Waals surface area contributed by atoms with E-state index in [9.17, 15) is 4.79 Å². The van der Waals surface area contributed by atoms with Crippen molar-refractivity contribution < 1.29 is 9.53 Å². The van der Waals surface area contributed by atoms with Crippen LogP contribution in [0.25, 0.3) is 0 Å². The van der Waals surface area contributed by atoms with Crippen LogP contribution in [0.15, 0.2) is 59.7 Å². The third-order valence-electron chi connectivity index (χ3n) is 3.87. The summed E-state index contributed by atoms with van der Waals surface area (Å²) in [7, 11) is 0. The van der Waals surface area contributed by atoms with Crippen LogP contribution in [0.5, 0.6) is 5.75 Å². The Labute approximate surface area is 156 Å². The van der Waals surface area contributed by atoms with Gasteiger partial charge in [-0.15, -0.1) is 0 Å².